The van der Waals surface area contributed by atoms with Crippen molar-refractivity contribution in [3.8, 4) is 0 Å². The maximum Gasteiger partial charge on any atom is 0.151 e. The topological polar surface area (TPSA) is 54.0 Å². The van der Waals surface area contributed by atoms with Gasteiger partial charge in [0.25, 0.3) is 0 Å². The number of rotatable bonds is 1. The van der Waals surface area contributed by atoms with E-state index in [4.69, 9.17) is 18.9 Å². The Hall–Kier alpha value is -0.490. The van der Waals surface area contributed by atoms with Crippen LogP contribution in [-0.4, -0.2) is 44.8 Å². The normalized spacial score (nSPS) is 41.8. The van der Waals surface area contributed by atoms with Gasteiger partial charge in [-0.3, -0.25) is 0 Å². The van der Waals surface area contributed by atoms with E-state index in [0.717, 1.165) is 6.29 Å². The Bertz CT molecular complexity index is 169. The third-order valence-electron chi connectivity index (χ3n) is 1.99. The summed E-state index contributed by atoms with van der Waals surface area (Å²) in [5.74, 6) is 0. The summed E-state index contributed by atoms with van der Waals surface area (Å²) in [4.78, 5) is 10.5. The Morgan fingerprint density at radius 1 is 1.17 bits per heavy atom. The van der Waals surface area contributed by atoms with Crippen LogP contribution in [0.1, 0.15) is 0 Å². The van der Waals surface area contributed by atoms with Crippen molar-refractivity contribution in [2.24, 2.45) is 0 Å². The van der Waals surface area contributed by atoms with Gasteiger partial charge in [-0.2, -0.15) is 0 Å². The molecule has 2 saturated heterocycles. The summed E-state index contributed by atoms with van der Waals surface area (Å²) in [6.45, 7) is 0.813. The van der Waals surface area contributed by atoms with E-state index in [9.17, 15) is 4.79 Å². The van der Waals surface area contributed by atoms with Crippen LogP contribution >= 0.6 is 0 Å². The van der Waals surface area contributed by atoms with Gasteiger partial charge in [0.1, 0.15) is 31.9 Å². The van der Waals surface area contributed by atoms with E-state index in [1.807, 2.05) is 0 Å². The molecule has 3 atom stereocenters. The van der Waals surface area contributed by atoms with Crippen LogP contribution in [0.3, 0.4) is 0 Å². The molecule has 0 aromatic heterocycles. The Morgan fingerprint density at radius 3 is 2.92 bits per heavy atom. The number of fused-ring (bicyclic) bond motifs is 1. The smallest absolute Gasteiger partial charge is 0.151 e. The zero-order valence-electron chi connectivity index (χ0n) is 6.47. The van der Waals surface area contributed by atoms with E-state index >= 15 is 0 Å². The number of aldehydes is 1. The fraction of sp³-hybridized carbons (Fsp3) is 0.857. The molecule has 0 aromatic carbocycles. The van der Waals surface area contributed by atoms with Crippen LogP contribution in [0.5, 0.6) is 0 Å². The van der Waals surface area contributed by atoms with Gasteiger partial charge in [0.15, 0.2) is 6.29 Å². The van der Waals surface area contributed by atoms with Crippen molar-refractivity contribution in [3.05, 3.63) is 0 Å². The molecule has 12 heavy (non-hydrogen) atoms. The van der Waals surface area contributed by atoms with Crippen molar-refractivity contribution in [1.82, 2.24) is 0 Å². The molecule has 3 unspecified atom stereocenters. The molecule has 0 aliphatic carbocycles. The SMILES string of the molecule is O=CC1OCOC2COCOC12. The summed E-state index contributed by atoms with van der Waals surface area (Å²) >= 11 is 0. The average molecular weight is 174 g/mol. The van der Waals surface area contributed by atoms with E-state index < -0.39 is 6.10 Å². The highest BCUT2D eigenvalue weighted by Crippen LogP contribution is 2.19. The molecule has 0 spiro atoms. The van der Waals surface area contributed by atoms with Gasteiger partial charge >= 0.3 is 0 Å². The Kier molecular flexibility index (Phi) is 2.36. The molecule has 2 aliphatic heterocycles. The molecule has 0 amide bonds. The lowest BCUT2D eigenvalue weighted by atomic mass is 10.1. The Balaban J connectivity index is 2.03. The van der Waals surface area contributed by atoms with Crippen LogP contribution in [0, 0.1) is 0 Å². The highest BCUT2D eigenvalue weighted by Gasteiger charge is 2.38. The van der Waals surface area contributed by atoms with Crippen LogP contribution in [0.2, 0.25) is 0 Å². The largest absolute Gasteiger partial charge is 0.353 e. The van der Waals surface area contributed by atoms with Crippen molar-refractivity contribution in [1.29, 1.82) is 0 Å². The summed E-state index contributed by atoms with van der Waals surface area (Å²) in [5, 5.41) is 0. The van der Waals surface area contributed by atoms with Gasteiger partial charge in [0.2, 0.25) is 0 Å². The molecule has 2 heterocycles. The van der Waals surface area contributed by atoms with Crippen molar-refractivity contribution in [2.75, 3.05) is 20.2 Å². The van der Waals surface area contributed by atoms with E-state index in [0.29, 0.717) is 6.61 Å². The lowest BCUT2D eigenvalue weighted by molar-refractivity contribution is -0.292. The molecule has 2 fully saturated rings. The summed E-state index contributed by atoms with van der Waals surface area (Å²) in [5.41, 5.74) is 0. The maximum atomic E-state index is 10.5. The van der Waals surface area contributed by atoms with Gasteiger partial charge in [0.05, 0.1) is 6.61 Å². The minimum Gasteiger partial charge on any atom is -0.353 e. The zero-order valence-corrected chi connectivity index (χ0v) is 6.47. The van der Waals surface area contributed by atoms with E-state index in [1.165, 1.54) is 0 Å². The van der Waals surface area contributed by atoms with Gasteiger partial charge in [0, 0.05) is 0 Å². The summed E-state index contributed by atoms with van der Waals surface area (Å²) < 4.78 is 20.4. The average Bonchev–Trinajstić information content (AvgIpc) is 2.17. The molecule has 5 heteroatoms. The molecular weight excluding hydrogens is 164 g/mol. The van der Waals surface area contributed by atoms with Crippen molar-refractivity contribution >= 4 is 6.29 Å². The maximum absolute atomic E-state index is 10.5. The summed E-state index contributed by atoms with van der Waals surface area (Å²) in [7, 11) is 0. The Morgan fingerprint density at radius 2 is 2.08 bits per heavy atom. The second-order valence-corrected chi connectivity index (χ2v) is 2.71. The quantitative estimate of drug-likeness (QED) is 0.492. The monoisotopic (exact) mass is 174 g/mol. The van der Waals surface area contributed by atoms with E-state index in [1.54, 1.807) is 0 Å². The van der Waals surface area contributed by atoms with Gasteiger partial charge in [-0.1, -0.05) is 0 Å². The first kappa shape index (κ1) is 8.12. The third-order valence-corrected chi connectivity index (χ3v) is 1.99. The number of carbonyl (C=O) groups excluding carboxylic acids is 1. The fourth-order valence-corrected chi connectivity index (χ4v) is 1.36. The second-order valence-electron chi connectivity index (χ2n) is 2.71. The molecule has 0 bridgehead atoms. The van der Waals surface area contributed by atoms with Crippen LogP contribution in [0.25, 0.3) is 0 Å². The number of ether oxygens (including phenoxy) is 4. The standard InChI is InChI=1S/C7H10O5/c8-1-5-7-6(11-4-10-5)2-9-3-12-7/h1,5-7H,2-4H2. The predicted molar refractivity (Wildman–Crippen MR) is 36.4 cm³/mol. The molecule has 0 saturated carbocycles. The van der Waals surface area contributed by atoms with Gasteiger partial charge in [-0.15, -0.1) is 0 Å². The van der Waals surface area contributed by atoms with Crippen LogP contribution in [0.15, 0.2) is 0 Å². The van der Waals surface area contributed by atoms with Crippen LogP contribution < -0.4 is 0 Å². The molecule has 0 radical (unpaired) electrons. The molecule has 2 aliphatic rings. The fourth-order valence-electron chi connectivity index (χ4n) is 1.36. The lowest BCUT2D eigenvalue weighted by Gasteiger charge is -2.37. The first-order chi connectivity index (χ1) is 5.92. The predicted octanol–water partition coefficient (Wildman–Crippen LogP) is -0.700. The van der Waals surface area contributed by atoms with Gasteiger partial charge in [-0.05, 0) is 0 Å². The van der Waals surface area contributed by atoms with Gasteiger partial charge < -0.3 is 23.7 Å². The first-order valence-electron chi connectivity index (χ1n) is 3.79. The molecular formula is C7H10O5. The third kappa shape index (κ3) is 1.36. The molecule has 5 nitrogen and oxygen atoms in total. The number of hydrogen-bond donors (Lipinski definition) is 0. The zero-order chi connectivity index (χ0) is 8.39. The minimum absolute atomic E-state index is 0.136. The van der Waals surface area contributed by atoms with Crippen molar-refractivity contribution in [2.45, 2.75) is 18.3 Å². The number of carbonyl (C=O) groups is 1. The minimum atomic E-state index is -0.507. The second kappa shape index (κ2) is 3.49. The van der Waals surface area contributed by atoms with E-state index in [-0.39, 0.29) is 25.8 Å². The van der Waals surface area contributed by atoms with Crippen LogP contribution in [0.4, 0.5) is 0 Å². The summed E-state index contributed by atoms with van der Waals surface area (Å²) in [6, 6.07) is 0. The van der Waals surface area contributed by atoms with Crippen molar-refractivity contribution in [3.63, 3.8) is 0 Å². The highest BCUT2D eigenvalue weighted by molar-refractivity contribution is 5.57. The van der Waals surface area contributed by atoms with Crippen LogP contribution in [-0.2, 0) is 23.7 Å². The molecule has 0 N–H and O–H groups in total. The van der Waals surface area contributed by atoms with Gasteiger partial charge in [-0.25, -0.2) is 0 Å². The summed E-state index contributed by atoms with van der Waals surface area (Å²) in [6.07, 6.45) is -0.230. The highest BCUT2D eigenvalue weighted by atomic mass is 16.7. The molecule has 2 rings (SSSR count). The Labute approximate surface area is 69.5 Å². The molecule has 68 valence electrons. The molecule has 0 aromatic rings. The van der Waals surface area contributed by atoms with E-state index in [2.05, 4.69) is 0 Å². The van der Waals surface area contributed by atoms with Crippen molar-refractivity contribution < 1.29 is 23.7 Å². The first-order valence-corrected chi connectivity index (χ1v) is 3.79. The number of hydrogen-bond acceptors (Lipinski definition) is 5. The lowest BCUT2D eigenvalue weighted by Crippen LogP contribution is -2.53.